The smallest absolute Gasteiger partial charge is 0.259 e. The van der Waals surface area contributed by atoms with Crippen molar-refractivity contribution < 1.29 is 4.79 Å². The SMILES string of the molecule is CC1CCc2c(sc3nc(CCC(=O)NC4CCN(Cc5ccccc5)CC4)[nH]c(=O)c23)C1. The van der Waals surface area contributed by atoms with E-state index in [1.54, 1.807) is 11.3 Å². The molecular formula is C26H32N4O2S. The van der Waals surface area contributed by atoms with Crippen molar-refractivity contribution in [2.75, 3.05) is 13.1 Å². The lowest BCUT2D eigenvalue weighted by atomic mass is 9.89. The van der Waals surface area contributed by atoms with Gasteiger partial charge in [-0.1, -0.05) is 37.3 Å². The van der Waals surface area contributed by atoms with Crippen molar-refractivity contribution in [2.45, 2.75) is 64.5 Å². The first kappa shape index (κ1) is 22.3. The fourth-order valence-corrected chi connectivity index (χ4v) is 6.52. The number of rotatable bonds is 6. The number of aromatic nitrogens is 2. The third-order valence-corrected chi connectivity index (χ3v) is 8.15. The normalized spacial score (nSPS) is 19.5. The summed E-state index contributed by atoms with van der Waals surface area (Å²) in [5.74, 6) is 1.32. The quantitative estimate of drug-likeness (QED) is 0.581. The molecule has 2 N–H and O–H groups in total. The number of fused-ring (bicyclic) bond motifs is 3. The minimum absolute atomic E-state index is 0.0403. The Hall–Kier alpha value is -2.51. The molecule has 7 heteroatoms. The summed E-state index contributed by atoms with van der Waals surface area (Å²) in [6.07, 6.45) is 5.89. The van der Waals surface area contributed by atoms with Crippen LogP contribution in [0.2, 0.25) is 0 Å². The van der Waals surface area contributed by atoms with E-state index >= 15 is 0 Å². The van der Waals surface area contributed by atoms with Gasteiger partial charge in [0, 0.05) is 43.4 Å². The molecule has 174 valence electrons. The summed E-state index contributed by atoms with van der Waals surface area (Å²) in [6.45, 7) is 5.22. The lowest BCUT2D eigenvalue weighted by molar-refractivity contribution is -0.122. The highest BCUT2D eigenvalue weighted by Gasteiger charge is 2.24. The van der Waals surface area contributed by atoms with E-state index in [0.717, 1.165) is 62.0 Å². The zero-order valence-electron chi connectivity index (χ0n) is 19.2. The molecule has 1 amide bonds. The fraction of sp³-hybridized carbons (Fsp3) is 0.500. The summed E-state index contributed by atoms with van der Waals surface area (Å²) < 4.78 is 0. The van der Waals surface area contributed by atoms with Crippen molar-refractivity contribution in [3.63, 3.8) is 0 Å². The number of aromatic amines is 1. The Morgan fingerprint density at radius 1 is 1.21 bits per heavy atom. The number of H-pyrrole nitrogens is 1. The Morgan fingerprint density at radius 2 is 2.00 bits per heavy atom. The molecule has 1 aromatic carbocycles. The van der Waals surface area contributed by atoms with Crippen LogP contribution in [0.4, 0.5) is 0 Å². The second kappa shape index (κ2) is 9.77. The minimum atomic E-state index is -0.0479. The number of aryl methyl sites for hydroxylation is 2. The monoisotopic (exact) mass is 464 g/mol. The third kappa shape index (κ3) is 5.20. The van der Waals surface area contributed by atoms with Gasteiger partial charge in [0.2, 0.25) is 5.91 Å². The van der Waals surface area contributed by atoms with Crippen LogP contribution in [-0.2, 0) is 30.6 Å². The summed E-state index contributed by atoms with van der Waals surface area (Å²) in [5, 5.41) is 3.96. The molecule has 6 nitrogen and oxygen atoms in total. The average Bonchev–Trinajstić information content (AvgIpc) is 3.17. The van der Waals surface area contributed by atoms with Crippen LogP contribution in [0.5, 0.6) is 0 Å². The van der Waals surface area contributed by atoms with E-state index in [4.69, 9.17) is 4.98 Å². The molecule has 0 saturated carbocycles. The Morgan fingerprint density at radius 3 is 2.79 bits per heavy atom. The second-order valence-corrected chi connectivity index (χ2v) is 10.7. The van der Waals surface area contributed by atoms with Crippen LogP contribution < -0.4 is 10.9 Å². The molecule has 1 atom stereocenters. The molecule has 0 bridgehead atoms. The highest BCUT2D eigenvalue weighted by molar-refractivity contribution is 7.18. The van der Waals surface area contributed by atoms with Crippen molar-refractivity contribution in [3.8, 4) is 0 Å². The molecule has 0 spiro atoms. The Kier molecular flexibility index (Phi) is 6.60. The lowest BCUT2D eigenvalue weighted by Gasteiger charge is -2.32. The van der Waals surface area contributed by atoms with Gasteiger partial charge in [-0.3, -0.25) is 14.5 Å². The van der Waals surface area contributed by atoms with E-state index < -0.39 is 0 Å². The van der Waals surface area contributed by atoms with Crippen molar-refractivity contribution >= 4 is 27.5 Å². The highest BCUT2D eigenvalue weighted by atomic mass is 32.1. The fourth-order valence-electron chi connectivity index (χ4n) is 5.12. The number of carbonyl (C=O) groups is 1. The zero-order valence-corrected chi connectivity index (χ0v) is 20.0. The molecule has 5 rings (SSSR count). The van der Waals surface area contributed by atoms with Crippen molar-refractivity contribution in [1.82, 2.24) is 20.2 Å². The summed E-state index contributed by atoms with van der Waals surface area (Å²) in [4.78, 5) is 37.5. The van der Waals surface area contributed by atoms with E-state index in [1.807, 2.05) is 6.07 Å². The topological polar surface area (TPSA) is 78.1 Å². The van der Waals surface area contributed by atoms with Crippen molar-refractivity contribution in [3.05, 3.63) is 62.5 Å². The van der Waals surface area contributed by atoms with Crippen LogP contribution in [0, 0.1) is 5.92 Å². The molecule has 1 saturated heterocycles. The number of amides is 1. The number of benzene rings is 1. The maximum absolute atomic E-state index is 12.7. The molecule has 1 fully saturated rings. The first-order valence-electron chi connectivity index (χ1n) is 12.1. The molecule has 2 aliphatic rings. The number of nitrogens with one attached hydrogen (secondary N) is 2. The van der Waals surface area contributed by atoms with Gasteiger partial charge >= 0.3 is 0 Å². The van der Waals surface area contributed by atoms with Gasteiger partial charge in [0.05, 0.1) is 5.39 Å². The standard InChI is InChI=1S/C26H32N4O2S/c1-17-7-8-20-21(15-17)33-26-24(20)25(32)28-22(29-26)9-10-23(31)27-19-11-13-30(14-12-19)16-18-5-3-2-4-6-18/h2-6,17,19H,7-16H2,1H3,(H,27,31)(H,28,29,32). The summed E-state index contributed by atoms with van der Waals surface area (Å²) in [6, 6.07) is 10.8. The molecule has 3 heterocycles. The third-order valence-electron chi connectivity index (χ3n) is 7.01. The van der Waals surface area contributed by atoms with Gasteiger partial charge in [0.1, 0.15) is 10.7 Å². The van der Waals surface area contributed by atoms with E-state index in [1.165, 1.54) is 16.0 Å². The van der Waals surface area contributed by atoms with Gasteiger partial charge in [0.15, 0.2) is 0 Å². The van der Waals surface area contributed by atoms with Crippen LogP contribution in [0.3, 0.4) is 0 Å². The predicted octanol–water partition coefficient (Wildman–Crippen LogP) is 3.82. The number of likely N-dealkylation sites (tertiary alicyclic amines) is 1. The van der Waals surface area contributed by atoms with Crippen molar-refractivity contribution in [2.24, 2.45) is 5.92 Å². The zero-order chi connectivity index (χ0) is 22.8. The second-order valence-electron chi connectivity index (χ2n) is 9.65. The maximum atomic E-state index is 12.7. The highest BCUT2D eigenvalue weighted by Crippen LogP contribution is 2.35. The van der Waals surface area contributed by atoms with Gasteiger partial charge in [-0.15, -0.1) is 11.3 Å². The van der Waals surface area contributed by atoms with Gasteiger partial charge in [0.25, 0.3) is 5.56 Å². The van der Waals surface area contributed by atoms with E-state index in [0.29, 0.717) is 24.6 Å². The van der Waals surface area contributed by atoms with Crippen LogP contribution in [0.25, 0.3) is 10.2 Å². The van der Waals surface area contributed by atoms with E-state index in [2.05, 4.69) is 46.4 Å². The first-order chi connectivity index (χ1) is 16.0. The summed E-state index contributed by atoms with van der Waals surface area (Å²) >= 11 is 1.66. The molecule has 1 aliphatic carbocycles. The number of nitrogens with zero attached hydrogens (tertiary/aromatic N) is 2. The van der Waals surface area contributed by atoms with Crippen LogP contribution >= 0.6 is 11.3 Å². The average molecular weight is 465 g/mol. The first-order valence-corrected chi connectivity index (χ1v) is 13.0. The van der Waals surface area contributed by atoms with Crippen LogP contribution in [0.1, 0.15) is 54.4 Å². The molecule has 0 radical (unpaired) electrons. The largest absolute Gasteiger partial charge is 0.353 e. The van der Waals surface area contributed by atoms with Crippen molar-refractivity contribution in [1.29, 1.82) is 0 Å². The van der Waals surface area contributed by atoms with Gasteiger partial charge < -0.3 is 10.3 Å². The Balaban J connectivity index is 1.13. The molecule has 1 aliphatic heterocycles. The number of carbonyl (C=O) groups excluding carboxylic acids is 1. The van der Waals surface area contributed by atoms with Gasteiger partial charge in [-0.25, -0.2) is 4.98 Å². The Labute approximate surface area is 198 Å². The summed E-state index contributed by atoms with van der Waals surface area (Å²) in [5.41, 5.74) is 2.48. The molecule has 2 aromatic heterocycles. The number of hydrogen-bond donors (Lipinski definition) is 2. The molecule has 33 heavy (non-hydrogen) atoms. The van der Waals surface area contributed by atoms with Gasteiger partial charge in [-0.2, -0.15) is 0 Å². The Bertz CT molecular complexity index is 1180. The minimum Gasteiger partial charge on any atom is -0.353 e. The van der Waals surface area contributed by atoms with Crippen LogP contribution in [-0.4, -0.2) is 39.9 Å². The number of hydrogen-bond acceptors (Lipinski definition) is 5. The summed E-state index contributed by atoms with van der Waals surface area (Å²) in [7, 11) is 0. The van der Waals surface area contributed by atoms with E-state index in [-0.39, 0.29) is 17.5 Å². The van der Waals surface area contributed by atoms with Crippen LogP contribution in [0.15, 0.2) is 35.1 Å². The van der Waals surface area contributed by atoms with E-state index in [9.17, 15) is 9.59 Å². The number of piperidine rings is 1. The number of thiophene rings is 1. The predicted molar refractivity (Wildman–Crippen MR) is 133 cm³/mol. The molecule has 1 unspecified atom stereocenters. The van der Waals surface area contributed by atoms with Gasteiger partial charge in [-0.05, 0) is 49.1 Å². The maximum Gasteiger partial charge on any atom is 0.259 e. The molecular weight excluding hydrogens is 432 g/mol. The lowest BCUT2D eigenvalue weighted by Crippen LogP contribution is -2.44. The molecule has 3 aromatic rings.